The molecule has 2 aromatic heterocycles. The van der Waals surface area contributed by atoms with Gasteiger partial charge in [-0.2, -0.15) is 0 Å². The summed E-state index contributed by atoms with van der Waals surface area (Å²) in [4.78, 5) is 16.3. The number of thiazole rings is 1. The summed E-state index contributed by atoms with van der Waals surface area (Å²) >= 11 is 13.4. The van der Waals surface area contributed by atoms with Gasteiger partial charge in [0.1, 0.15) is 23.0 Å². The van der Waals surface area contributed by atoms with Gasteiger partial charge in [-0.1, -0.05) is 34.4 Å². The Morgan fingerprint density at radius 3 is 2.65 bits per heavy atom. The molecule has 0 saturated carbocycles. The van der Waals surface area contributed by atoms with Crippen LogP contribution in [0.3, 0.4) is 0 Å². The number of ether oxygens (including phenoxy) is 1. The van der Waals surface area contributed by atoms with Crippen LogP contribution in [0.2, 0.25) is 10.0 Å². The lowest BCUT2D eigenvalue weighted by Crippen LogP contribution is -2.22. The van der Waals surface area contributed by atoms with Gasteiger partial charge in [-0.3, -0.25) is 4.79 Å². The van der Waals surface area contributed by atoms with Crippen molar-refractivity contribution in [2.75, 3.05) is 0 Å². The highest BCUT2D eigenvalue weighted by Crippen LogP contribution is 2.31. The van der Waals surface area contributed by atoms with Gasteiger partial charge in [0.2, 0.25) is 0 Å². The summed E-state index contributed by atoms with van der Waals surface area (Å²) in [5.41, 5.74) is 1.52. The van der Waals surface area contributed by atoms with Crippen molar-refractivity contribution >= 4 is 40.5 Å². The molecule has 0 atom stereocenters. The van der Waals surface area contributed by atoms with Gasteiger partial charge in [0, 0.05) is 17.0 Å². The Morgan fingerprint density at radius 1 is 1.19 bits per heavy atom. The molecule has 26 heavy (non-hydrogen) atoms. The zero-order valence-corrected chi connectivity index (χ0v) is 16.7. The predicted octanol–water partition coefficient (Wildman–Crippen LogP) is 5.86. The van der Waals surface area contributed by atoms with Crippen LogP contribution < -0.4 is 0 Å². The van der Waals surface area contributed by atoms with Gasteiger partial charge in [-0.05, 0) is 32.9 Å². The zero-order valence-electron chi connectivity index (χ0n) is 14.4. The van der Waals surface area contributed by atoms with Crippen molar-refractivity contribution in [1.29, 1.82) is 0 Å². The lowest BCUT2D eigenvalue weighted by molar-refractivity contribution is -0.154. The molecule has 0 aliphatic carbocycles. The molecule has 0 saturated heterocycles. The highest BCUT2D eigenvalue weighted by molar-refractivity contribution is 7.09. The minimum Gasteiger partial charge on any atom is -0.458 e. The molecular formula is C18H16Cl2N2O3S. The molecule has 0 radical (unpaired) electrons. The first-order valence-electron chi connectivity index (χ1n) is 7.78. The molecule has 3 aromatic rings. The number of carbonyl (C=O) groups excluding carboxylic acids is 1. The second-order valence-electron chi connectivity index (χ2n) is 6.66. The Balaban J connectivity index is 1.73. The van der Waals surface area contributed by atoms with E-state index in [1.54, 1.807) is 18.2 Å². The van der Waals surface area contributed by atoms with Gasteiger partial charge in [0.25, 0.3) is 0 Å². The Bertz CT molecular complexity index is 944. The molecular weight excluding hydrogens is 395 g/mol. The number of hydrogen-bond donors (Lipinski definition) is 0. The van der Waals surface area contributed by atoms with Crippen molar-refractivity contribution in [2.24, 2.45) is 5.41 Å². The Labute approximate surface area is 164 Å². The first-order valence-corrected chi connectivity index (χ1v) is 9.42. The van der Waals surface area contributed by atoms with Crippen molar-refractivity contribution in [3.8, 4) is 22.7 Å². The highest BCUT2D eigenvalue weighted by atomic mass is 35.5. The van der Waals surface area contributed by atoms with Crippen molar-refractivity contribution in [3.05, 3.63) is 44.7 Å². The van der Waals surface area contributed by atoms with E-state index in [1.165, 1.54) is 11.3 Å². The standard InChI is InChI=1S/C18H16Cl2N2O3S/c1-18(2,3)17(23)24-8-16-21-14(9-26-16)15-7-13(22-25-15)10-4-5-11(19)12(20)6-10/h4-7,9H,8H2,1-3H3. The third kappa shape index (κ3) is 4.26. The van der Waals surface area contributed by atoms with Crippen LogP contribution >= 0.6 is 34.5 Å². The highest BCUT2D eigenvalue weighted by Gasteiger charge is 2.23. The van der Waals surface area contributed by atoms with Crippen LogP contribution in [0.25, 0.3) is 22.7 Å². The maximum absolute atomic E-state index is 11.8. The van der Waals surface area contributed by atoms with E-state index in [0.29, 0.717) is 32.2 Å². The summed E-state index contributed by atoms with van der Waals surface area (Å²) in [6, 6.07) is 7.02. The average molecular weight is 411 g/mol. The second kappa shape index (κ2) is 7.39. The summed E-state index contributed by atoms with van der Waals surface area (Å²) in [7, 11) is 0. The molecule has 1 aromatic carbocycles. The van der Waals surface area contributed by atoms with Gasteiger partial charge in [-0.25, -0.2) is 4.98 Å². The number of rotatable bonds is 4. The maximum Gasteiger partial charge on any atom is 0.311 e. The van der Waals surface area contributed by atoms with Gasteiger partial charge >= 0.3 is 5.97 Å². The molecule has 0 fully saturated rings. The van der Waals surface area contributed by atoms with Gasteiger partial charge in [-0.15, -0.1) is 11.3 Å². The van der Waals surface area contributed by atoms with Crippen LogP contribution in [0.15, 0.2) is 34.2 Å². The molecule has 0 N–H and O–H groups in total. The molecule has 8 heteroatoms. The third-order valence-electron chi connectivity index (χ3n) is 3.47. The second-order valence-corrected chi connectivity index (χ2v) is 8.41. The van der Waals surface area contributed by atoms with Gasteiger partial charge in [0.05, 0.1) is 15.5 Å². The average Bonchev–Trinajstić information content (AvgIpc) is 3.23. The van der Waals surface area contributed by atoms with Crippen LogP contribution in [-0.2, 0) is 16.1 Å². The number of benzene rings is 1. The molecule has 0 spiro atoms. The van der Waals surface area contributed by atoms with Crippen molar-refractivity contribution in [3.63, 3.8) is 0 Å². The minimum atomic E-state index is -0.542. The number of hydrogen-bond acceptors (Lipinski definition) is 6. The summed E-state index contributed by atoms with van der Waals surface area (Å²) in [5.74, 6) is 0.256. The minimum absolute atomic E-state index is 0.133. The molecule has 0 bridgehead atoms. The zero-order chi connectivity index (χ0) is 18.9. The van der Waals surface area contributed by atoms with E-state index in [0.717, 1.165) is 5.56 Å². The Kier molecular flexibility index (Phi) is 5.37. The Hall–Kier alpha value is -1.89. The largest absolute Gasteiger partial charge is 0.458 e. The monoisotopic (exact) mass is 410 g/mol. The van der Waals surface area contributed by atoms with Gasteiger partial charge in [0.15, 0.2) is 5.76 Å². The fourth-order valence-corrected chi connectivity index (χ4v) is 3.01. The van der Waals surface area contributed by atoms with E-state index in [9.17, 15) is 4.79 Å². The number of nitrogens with zero attached hydrogens (tertiary/aromatic N) is 2. The third-order valence-corrected chi connectivity index (χ3v) is 5.03. The number of halogens is 2. The molecule has 0 amide bonds. The van der Waals surface area contributed by atoms with Crippen LogP contribution in [-0.4, -0.2) is 16.1 Å². The van der Waals surface area contributed by atoms with E-state index in [1.807, 2.05) is 32.2 Å². The fraction of sp³-hybridized carbons (Fsp3) is 0.278. The summed E-state index contributed by atoms with van der Waals surface area (Å²) in [5, 5.41) is 7.50. The number of carbonyl (C=O) groups is 1. The molecule has 5 nitrogen and oxygen atoms in total. The SMILES string of the molecule is CC(C)(C)C(=O)OCc1nc(-c2cc(-c3ccc(Cl)c(Cl)c3)no2)cs1. The number of aromatic nitrogens is 2. The predicted molar refractivity (Wildman–Crippen MR) is 102 cm³/mol. The molecule has 136 valence electrons. The fourth-order valence-electron chi connectivity index (χ4n) is 2.02. The smallest absolute Gasteiger partial charge is 0.311 e. The van der Waals surface area contributed by atoms with Crippen LogP contribution in [0, 0.1) is 5.41 Å². The van der Waals surface area contributed by atoms with Crippen molar-refractivity contribution < 1.29 is 14.1 Å². The van der Waals surface area contributed by atoms with Crippen LogP contribution in [0.4, 0.5) is 0 Å². The van der Waals surface area contributed by atoms with Crippen LogP contribution in [0.5, 0.6) is 0 Å². The van der Waals surface area contributed by atoms with E-state index >= 15 is 0 Å². The molecule has 2 heterocycles. The summed E-state index contributed by atoms with van der Waals surface area (Å²) in [6.07, 6.45) is 0. The molecule has 0 unspecified atom stereocenters. The molecule has 3 rings (SSSR count). The topological polar surface area (TPSA) is 65.2 Å². The Morgan fingerprint density at radius 2 is 1.96 bits per heavy atom. The van der Waals surface area contributed by atoms with E-state index < -0.39 is 5.41 Å². The quantitative estimate of drug-likeness (QED) is 0.503. The van der Waals surface area contributed by atoms with Crippen molar-refractivity contribution in [2.45, 2.75) is 27.4 Å². The summed E-state index contributed by atoms with van der Waals surface area (Å²) < 4.78 is 10.7. The lowest BCUT2D eigenvalue weighted by atomic mass is 9.97. The normalized spacial score (nSPS) is 11.6. The van der Waals surface area contributed by atoms with E-state index in [-0.39, 0.29) is 12.6 Å². The van der Waals surface area contributed by atoms with E-state index in [2.05, 4.69) is 10.1 Å². The number of esters is 1. The summed E-state index contributed by atoms with van der Waals surface area (Å²) in [6.45, 7) is 5.56. The first-order chi connectivity index (χ1) is 12.2. The van der Waals surface area contributed by atoms with Crippen LogP contribution in [0.1, 0.15) is 25.8 Å². The molecule has 0 aliphatic rings. The van der Waals surface area contributed by atoms with E-state index in [4.69, 9.17) is 32.5 Å². The molecule has 0 aliphatic heterocycles. The van der Waals surface area contributed by atoms with Gasteiger partial charge < -0.3 is 9.26 Å². The lowest BCUT2D eigenvalue weighted by Gasteiger charge is -2.15. The first kappa shape index (κ1) is 18.9. The maximum atomic E-state index is 11.8. The van der Waals surface area contributed by atoms with Crippen molar-refractivity contribution in [1.82, 2.24) is 10.1 Å².